The van der Waals surface area contributed by atoms with E-state index in [4.69, 9.17) is 14.2 Å². The second-order valence-electron chi connectivity index (χ2n) is 5.79. The molecule has 0 amide bonds. The van der Waals surface area contributed by atoms with E-state index in [1.54, 1.807) is 7.11 Å². The highest BCUT2D eigenvalue weighted by molar-refractivity contribution is 5.69. The Bertz CT molecular complexity index is 644. The number of hydrogen-bond donors (Lipinski definition) is 0. The van der Waals surface area contributed by atoms with Gasteiger partial charge in [0.05, 0.1) is 26.7 Å². The maximum absolute atomic E-state index is 5.57. The molecule has 126 valence electrons. The Labute approximate surface area is 143 Å². The summed E-state index contributed by atoms with van der Waals surface area (Å²) in [6.07, 6.45) is 10.2. The van der Waals surface area contributed by atoms with Crippen molar-refractivity contribution in [2.75, 3.05) is 20.3 Å². The minimum Gasteiger partial charge on any atom is -0.497 e. The fourth-order valence-electron chi connectivity index (χ4n) is 2.59. The maximum Gasteiger partial charge on any atom is 0.169 e. The molecule has 0 saturated carbocycles. The zero-order chi connectivity index (χ0) is 16.6. The van der Waals surface area contributed by atoms with Gasteiger partial charge in [-0.2, -0.15) is 0 Å². The number of pyridine rings is 1. The Hall–Kier alpha value is -2.17. The predicted octanol–water partition coefficient (Wildman–Crippen LogP) is 3.31. The van der Waals surface area contributed by atoms with E-state index in [-0.39, 0.29) is 6.29 Å². The van der Waals surface area contributed by atoms with Crippen LogP contribution in [0, 0.1) is 0 Å². The Kier molecular flexibility index (Phi) is 5.99. The fourth-order valence-corrected chi connectivity index (χ4v) is 2.59. The second-order valence-corrected chi connectivity index (χ2v) is 5.79. The lowest BCUT2D eigenvalue weighted by atomic mass is 10.1. The number of benzene rings is 1. The molecule has 0 aliphatic carbocycles. The Balaban J connectivity index is 1.52. The van der Waals surface area contributed by atoms with Gasteiger partial charge in [-0.1, -0.05) is 24.3 Å². The Morgan fingerprint density at radius 1 is 1.00 bits per heavy atom. The van der Waals surface area contributed by atoms with Crippen LogP contribution in [0.3, 0.4) is 0 Å². The zero-order valence-corrected chi connectivity index (χ0v) is 14.1. The summed E-state index contributed by atoms with van der Waals surface area (Å²) in [5, 5.41) is 0. The third-order valence-corrected chi connectivity index (χ3v) is 4.02. The van der Waals surface area contributed by atoms with Crippen molar-refractivity contribution in [2.45, 2.75) is 25.7 Å². The highest BCUT2D eigenvalue weighted by Gasteiger charge is 2.15. The maximum atomic E-state index is 5.57. The molecule has 0 bridgehead atoms. The molecule has 0 spiro atoms. The summed E-state index contributed by atoms with van der Waals surface area (Å²) < 4.78 is 18.5. The van der Waals surface area contributed by atoms with Gasteiger partial charge in [0.2, 0.25) is 0 Å². The van der Waals surface area contributed by atoms with Gasteiger partial charge in [0.15, 0.2) is 25.2 Å². The lowest BCUT2D eigenvalue weighted by Crippen LogP contribution is -2.36. The predicted molar refractivity (Wildman–Crippen MR) is 93.5 cm³/mol. The number of ether oxygens (including phenoxy) is 3. The molecule has 1 fully saturated rings. The second kappa shape index (κ2) is 8.62. The highest BCUT2D eigenvalue weighted by atomic mass is 16.7. The van der Waals surface area contributed by atoms with Crippen LogP contribution in [0.15, 0.2) is 48.8 Å². The molecular weight excluding hydrogens is 302 g/mol. The number of rotatable bonds is 6. The van der Waals surface area contributed by atoms with Crippen molar-refractivity contribution in [3.63, 3.8) is 0 Å². The average molecular weight is 326 g/mol. The van der Waals surface area contributed by atoms with Crippen LogP contribution in [-0.4, -0.2) is 26.6 Å². The topological polar surface area (TPSA) is 31.6 Å². The molecule has 4 heteroatoms. The van der Waals surface area contributed by atoms with Crippen LogP contribution in [0.5, 0.6) is 5.75 Å². The van der Waals surface area contributed by atoms with E-state index in [1.165, 1.54) is 5.56 Å². The Morgan fingerprint density at radius 3 is 2.25 bits per heavy atom. The molecule has 0 atom stereocenters. The standard InChI is InChI=1S/C20H24NO3/c1-22-19-7-5-17(6-8-19)3-4-18-9-12-21(13-10-18)14-11-20-23-15-2-16-24-20/h3-10,12-13,20H,2,11,14-16H2,1H3/q+1. The molecule has 4 nitrogen and oxygen atoms in total. The van der Waals surface area contributed by atoms with E-state index >= 15 is 0 Å². The van der Waals surface area contributed by atoms with Gasteiger partial charge in [-0.15, -0.1) is 0 Å². The van der Waals surface area contributed by atoms with Crippen molar-refractivity contribution in [3.8, 4) is 5.75 Å². The summed E-state index contributed by atoms with van der Waals surface area (Å²) in [7, 11) is 1.68. The summed E-state index contributed by atoms with van der Waals surface area (Å²) in [6.45, 7) is 2.52. The van der Waals surface area contributed by atoms with Gasteiger partial charge in [-0.05, 0) is 29.7 Å². The monoisotopic (exact) mass is 326 g/mol. The first-order valence-electron chi connectivity index (χ1n) is 8.38. The molecule has 1 saturated heterocycles. The van der Waals surface area contributed by atoms with Crippen LogP contribution >= 0.6 is 0 Å². The van der Waals surface area contributed by atoms with E-state index in [0.29, 0.717) is 0 Å². The molecule has 1 aliphatic heterocycles. The van der Waals surface area contributed by atoms with Crippen molar-refractivity contribution in [1.29, 1.82) is 0 Å². The molecule has 2 aromatic rings. The zero-order valence-electron chi connectivity index (χ0n) is 14.1. The van der Waals surface area contributed by atoms with Gasteiger partial charge >= 0.3 is 0 Å². The van der Waals surface area contributed by atoms with Crippen molar-refractivity contribution in [2.24, 2.45) is 0 Å². The molecule has 0 unspecified atom stereocenters. The van der Waals surface area contributed by atoms with Gasteiger partial charge in [0, 0.05) is 12.1 Å². The molecule has 2 heterocycles. The lowest BCUT2D eigenvalue weighted by molar-refractivity contribution is -0.699. The number of hydrogen-bond acceptors (Lipinski definition) is 3. The van der Waals surface area contributed by atoms with Crippen molar-refractivity contribution in [1.82, 2.24) is 0 Å². The van der Waals surface area contributed by atoms with E-state index < -0.39 is 0 Å². The fraction of sp³-hybridized carbons (Fsp3) is 0.350. The third kappa shape index (κ3) is 4.91. The van der Waals surface area contributed by atoms with Gasteiger partial charge in [0.25, 0.3) is 0 Å². The van der Waals surface area contributed by atoms with Crippen LogP contribution < -0.4 is 9.30 Å². The first kappa shape index (κ1) is 16.7. The van der Waals surface area contributed by atoms with Crippen molar-refractivity contribution < 1.29 is 18.8 Å². The van der Waals surface area contributed by atoms with Gasteiger partial charge in [0.1, 0.15) is 5.75 Å². The molecule has 24 heavy (non-hydrogen) atoms. The largest absolute Gasteiger partial charge is 0.497 e. The summed E-state index contributed by atoms with van der Waals surface area (Å²) in [5.41, 5.74) is 2.33. The summed E-state index contributed by atoms with van der Waals surface area (Å²) >= 11 is 0. The van der Waals surface area contributed by atoms with Crippen LogP contribution in [0.2, 0.25) is 0 Å². The van der Waals surface area contributed by atoms with E-state index in [1.807, 2.05) is 24.3 Å². The summed E-state index contributed by atoms with van der Waals surface area (Å²) in [4.78, 5) is 0. The van der Waals surface area contributed by atoms with Gasteiger partial charge < -0.3 is 14.2 Å². The minimum atomic E-state index is -0.0547. The van der Waals surface area contributed by atoms with Gasteiger partial charge in [-0.25, -0.2) is 4.57 Å². The molecule has 1 aromatic heterocycles. The molecule has 1 aliphatic rings. The number of aryl methyl sites for hydroxylation is 1. The van der Waals surface area contributed by atoms with Crippen LogP contribution in [0.4, 0.5) is 0 Å². The van der Waals surface area contributed by atoms with Crippen molar-refractivity contribution in [3.05, 3.63) is 59.9 Å². The van der Waals surface area contributed by atoms with Crippen LogP contribution in [0.1, 0.15) is 24.0 Å². The smallest absolute Gasteiger partial charge is 0.169 e. The molecular formula is C20H24NO3+. The molecule has 0 N–H and O–H groups in total. The van der Waals surface area contributed by atoms with Crippen LogP contribution in [-0.2, 0) is 16.0 Å². The number of methoxy groups -OCH3 is 1. The highest BCUT2D eigenvalue weighted by Crippen LogP contribution is 2.13. The quantitative estimate of drug-likeness (QED) is 0.763. The minimum absolute atomic E-state index is 0.0547. The van der Waals surface area contributed by atoms with Crippen LogP contribution in [0.25, 0.3) is 12.2 Å². The lowest BCUT2D eigenvalue weighted by Gasteiger charge is -2.21. The Morgan fingerprint density at radius 2 is 1.62 bits per heavy atom. The number of aromatic nitrogens is 1. The summed E-state index contributed by atoms with van der Waals surface area (Å²) in [6, 6.07) is 12.2. The molecule has 1 aromatic carbocycles. The summed E-state index contributed by atoms with van der Waals surface area (Å²) in [5.74, 6) is 0.874. The van der Waals surface area contributed by atoms with Gasteiger partial charge in [-0.3, -0.25) is 0 Å². The third-order valence-electron chi connectivity index (χ3n) is 4.02. The van der Waals surface area contributed by atoms with E-state index in [0.717, 1.165) is 43.9 Å². The first-order chi connectivity index (χ1) is 11.8. The molecule has 0 radical (unpaired) electrons. The van der Waals surface area contributed by atoms with Crippen molar-refractivity contribution >= 4 is 12.2 Å². The normalized spacial score (nSPS) is 15.7. The first-order valence-corrected chi connectivity index (χ1v) is 8.38. The SMILES string of the molecule is COc1ccc(C=Cc2cc[n+](CCC3OCCCO3)cc2)cc1. The average Bonchev–Trinajstić information content (AvgIpc) is 2.67. The van der Waals surface area contributed by atoms with E-state index in [9.17, 15) is 0 Å². The van der Waals surface area contributed by atoms with E-state index in [2.05, 4.69) is 41.2 Å². The number of nitrogens with zero attached hydrogens (tertiary/aromatic N) is 1. The molecule has 3 rings (SSSR count).